The zero-order chi connectivity index (χ0) is 16.6. The Kier molecular flexibility index (Phi) is 6.07. The highest BCUT2D eigenvalue weighted by molar-refractivity contribution is 5.76. The summed E-state index contributed by atoms with van der Waals surface area (Å²) in [6.45, 7) is 3.15. The number of hydrogen-bond acceptors (Lipinski definition) is 3. The molecule has 1 aliphatic rings. The normalized spacial score (nSPS) is 18.4. The molecule has 0 spiro atoms. The molecule has 0 saturated carbocycles. The summed E-state index contributed by atoms with van der Waals surface area (Å²) in [6, 6.07) is 14.6. The second-order valence-electron chi connectivity index (χ2n) is 6.52. The molecule has 0 bridgehead atoms. The number of nitrogens with zero attached hydrogens (tertiary/aromatic N) is 1. The van der Waals surface area contributed by atoms with Gasteiger partial charge in [-0.05, 0) is 43.5 Å². The molecule has 3 rings (SSSR count). The Hall–Kier alpha value is -2.07. The summed E-state index contributed by atoms with van der Waals surface area (Å²) in [6.07, 6.45) is 6.11. The lowest BCUT2D eigenvalue weighted by atomic mass is 10.0. The number of carbonyl (C=O) groups excluding carboxylic acids is 1. The maximum atomic E-state index is 12.1. The van der Waals surface area contributed by atoms with Gasteiger partial charge >= 0.3 is 0 Å². The monoisotopic (exact) mass is 326 g/mol. The van der Waals surface area contributed by atoms with E-state index in [2.05, 4.69) is 40.5 Å². The van der Waals surface area contributed by atoms with Crippen molar-refractivity contribution in [3.63, 3.8) is 0 Å². The van der Waals surface area contributed by atoms with Crippen molar-refractivity contribution in [3.8, 4) is 0 Å². The summed E-state index contributed by atoms with van der Waals surface area (Å²) in [4.78, 5) is 14.6. The summed E-state index contributed by atoms with van der Waals surface area (Å²) >= 11 is 0. The number of nitrogens with one attached hydrogen (secondary N) is 1. The van der Waals surface area contributed by atoms with Crippen molar-refractivity contribution in [2.75, 3.05) is 19.6 Å². The number of furan rings is 1. The van der Waals surface area contributed by atoms with E-state index < -0.39 is 0 Å². The number of rotatable bonds is 7. The number of likely N-dealkylation sites (tertiary alicyclic amines) is 1. The molecule has 1 aromatic carbocycles. The van der Waals surface area contributed by atoms with Crippen molar-refractivity contribution < 1.29 is 9.21 Å². The Morgan fingerprint density at radius 3 is 2.83 bits per heavy atom. The molecular weight excluding hydrogens is 300 g/mol. The molecule has 4 heteroatoms. The number of benzene rings is 1. The Morgan fingerprint density at radius 2 is 2.04 bits per heavy atom. The first-order valence-electron chi connectivity index (χ1n) is 8.87. The molecule has 1 aliphatic heterocycles. The summed E-state index contributed by atoms with van der Waals surface area (Å²) in [7, 11) is 0. The van der Waals surface area contributed by atoms with Crippen molar-refractivity contribution in [2.45, 2.75) is 38.1 Å². The molecule has 0 unspecified atom stereocenters. The van der Waals surface area contributed by atoms with E-state index in [0.717, 1.165) is 44.7 Å². The Bertz CT molecular complexity index is 610. The fraction of sp³-hybridized carbons (Fsp3) is 0.450. The van der Waals surface area contributed by atoms with Crippen molar-refractivity contribution in [3.05, 3.63) is 60.1 Å². The fourth-order valence-electron chi connectivity index (χ4n) is 3.30. The highest BCUT2D eigenvalue weighted by Gasteiger charge is 2.21. The average Bonchev–Trinajstić information content (AvgIpc) is 3.13. The summed E-state index contributed by atoms with van der Waals surface area (Å²) in [5.74, 6) is 1.000. The first kappa shape index (κ1) is 16.8. The van der Waals surface area contributed by atoms with Crippen LogP contribution in [0, 0.1) is 0 Å². The van der Waals surface area contributed by atoms with E-state index in [9.17, 15) is 4.79 Å². The van der Waals surface area contributed by atoms with E-state index >= 15 is 0 Å². The first-order chi connectivity index (χ1) is 11.8. The first-order valence-corrected chi connectivity index (χ1v) is 8.87. The number of amides is 1. The van der Waals surface area contributed by atoms with Gasteiger partial charge in [-0.2, -0.15) is 0 Å². The molecule has 1 amide bonds. The SMILES string of the molecule is O=C(CCc1ccco1)N[C@H]1CCCN(CCc2ccccc2)C1. The van der Waals surface area contributed by atoms with E-state index in [1.165, 1.54) is 5.56 Å². The lowest BCUT2D eigenvalue weighted by Gasteiger charge is -2.33. The molecule has 1 saturated heterocycles. The molecule has 2 heterocycles. The van der Waals surface area contributed by atoms with Gasteiger partial charge in [-0.1, -0.05) is 30.3 Å². The van der Waals surface area contributed by atoms with Gasteiger partial charge in [0, 0.05) is 32.0 Å². The topological polar surface area (TPSA) is 45.5 Å². The van der Waals surface area contributed by atoms with E-state index in [-0.39, 0.29) is 11.9 Å². The lowest BCUT2D eigenvalue weighted by molar-refractivity contribution is -0.122. The van der Waals surface area contributed by atoms with Crippen LogP contribution in [-0.2, 0) is 17.6 Å². The number of hydrogen-bond donors (Lipinski definition) is 1. The lowest BCUT2D eigenvalue weighted by Crippen LogP contribution is -2.48. The second kappa shape index (κ2) is 8.69. The third-order valence-electron chi connectivity index (χ3n) is 4.61. The number of carbonyl (C=O) groups is 1. The molecule has 0 radical (unpaired) electrons. The van der Waals surface area contributed by atoms with Crippen LogP contribution in [0.4, 0.5) is 0 Å². The van der Waals surface area contributed by atoms with Gasteiger partial charge in [-0.25, -0.2) is 0 Å². The molecular formula is C20H26N2O2. The van der Waals surface area contributed by atoms with Crippen molar-refractivity contribution in [1.82, 2.24) is 10.2 Å². The molecule has 1 atom stereocenters. The standard InChI is InChI=1S/C20H26N2O2/c23-20(11-10-19-9-5-15-24-19)21-18-8-4-13-22(16-18)14-12-17-6-2-1-3-7-17/h1-3,5-7,9,15,18H,4,8,10-14,16H2,(H,21,23)/t18-/m0/s1. The maximum Gasteiger partial charge on any atom is 0.220 e. The molecule has 1 fully saturated rings. The predicted octanol–water partition coefficient (Wildman–Crippen LogP) is 3.04. The van der Waals surface area contributed by atoms with Crippen LogP contribution in [0.1, 0.15) is 30.6 Å². The van der Waals surface area contributed by atoms with Crippen LogP contribution in [0.3, 0.4) is 0 Å². The van der Waals surface area contributed by atoms with Crippen LogP contribution >= 0.6 is 0 Å². The van der Waals surface area contributed by atoms with Gasteiger partial charge in [0.15, 0.2) is 0 Å². The van der Waals surface area contributed by atoms with Gasteiger partial charge in [0.2, 0.25) is 5.91 Å². The summed E-state index contributed by atoms with van der Waals surface area (Å²) in [5.41, 5.74) is 1.38. The highest BCUT2D eigenvalue weighted by atomic mass is 16.3. The van der Waals surface area contributed by atoms with E-state index in [0.29, 0.717) is 12.8 Å². The molecule has 1 aromatic heterocycles. The molecule has 128 valence electrons. The van der Waals surface area contributed by atoms with Crippen LogP contribution in [-0.4, -0.2) is 36.5 Å². The minimum absolute atomic E-state index is 0.126. The average molecular weight is 326 g/mol. The zero-order valence-corrected chi connectivity index (χ0v) is 14.1. The highest BCUT2D eigenvalue weighted by Crippen LogP contribution is 2.12. The minimum Gasteiger partial charge on any atom is -0.469 e. The minimum atomic E-state index is 0.126. The Morgan fingerprint density at radius 1 is 1.17 bits per heavy atom. The Labute approximate surface area is 143 Å². The van der Waals surface area contributed by atoms with Gasteiger partial charge in [-0.15, -0.1) is 0 Å². The fourth-order valence-corrected chi connectivity index (χ4v) is 3.30. The van der Waals surface area contributed by atoms with Crippen molar-refractivity contribution in [2.24, 2.45) is 0 Å². The van der Waals surface area contributed by atoms with Gasteiger partial charge in [-0.3, -0.25) is 4.79 Å². The van der Waals surface area contributed by atoms with Crippen LogP contribution < -0.4 is 5.32 Å². The van der Waals surface area contributed by atoms with Gasteiger partial charge in [0.1, 0.15) is 5.76 Å². The maximum absolute atomic E-state index is 12.1. The number of piperidine rings is 1. The van der Waals surface area contributed by atoms with Gasteiger partial charge in [0.25, 0.3) is 0 Å². The summed E-state index contributed by atoms with van der Waals surface area (Å²) in [5, 5.41) is 3.19. The van der Waals surface area contributed by atoms with Crippen molar-refractivity contribution >= 4 is 5.91 Å². The predicted molar refractivity (Wildman–Crippen MR) is 94.8 cm³/mol. The zero-order valence-electron chi connectivity index (χ0n) is 14.1. The van der Waals surface area contributed by atoms with Crippen LogP contribution in [0.25, 0.3) is 0 Å². The van der Waals surface area contributed by atoms with Crippen LogP contribution in [0.2, 0.25) is 0 Å². The third kappa shape index (κ3) is 5.24. The quantitative estimate of drug-likeness (QED) is 0.850. The largest absolute Gasteiger partial charge is 0.469 e. The van der Waals surface area contributed by atoms with Crippen LogP contribution in [0.5, 0.6) is 0 Å². The molecule has 2 aromatic rings. The van der Waals surface area contributed by atoms with Gasteiger partial charge < -0.3 is 14.6 Å². The Balaban J connectivity index is 1.39. The smallest absolute Gasteiger partial charge is 0.220 e. The van der Waals surface area contributed by atoms with E-state index in [1.54, 1.807) is 6.26 Å². The molecule has 4 nitrogen and oxygen atoms in total. The van der Waals surface area contributed by atoms with Crippen molar-refractivity contribution in [1.29, 1.82) is 0 Å². The van der Waals surface area contributed by atoms with Gasteiger partial charge in [0.05, 0.1) is 6.26 Å². The second-order valence-corrected chi connectivity index (χ2v) is 6.52. The molecule has 0 aliphatic carbocycles. The third-order valence-corrected chi connectivity index (χ3v) is 4.61. The van der Waals surface area contributed by atoms with E-state index in [4.69, 9.17) is 4.42 Å². The molecule has 1 N–H and O–H groups in total. The van der Waals surface area contributed by atoms with E-state index in [1.807, 2.05) is 12.1 Å². The summed E-state index contributed by atoms with van der Waals surface area (Å²) < 4.78 is 5.28. The number of aryl methyl sites for hydroxylation is 1. The van der Waals surface area contributed by atoms with Crippen LogP contribution in [0.15, 0.2) is 53.1 Å². The molecule has 24 heavy (non-hydrogen) atoms.